The van der Waals surface area contributed by atoms with Gasteiger partial charge in [0.25, 0.3) is 0 Å². The summed E-state index contributed by atoms with van der Waals surface area (Å²) >= 11 is 1.64. The molecule has 0 atom stereocenters. The SMILES string of the molecule is CCc1cnc(CNC(=NC)NCc2cc(F)ccc2F)s1.I. The van der Waals surface area contributed by atoms with Gasteiger partial charge >= 0.3 is 0 Å². The highest BCUT2D eigenvalue weighted by molar-refractivity contribution is 14.0. The van der Waals surface area contributed by atoms with E-state index >= 15 is 0 Å². The van der Waals surface area contributed by atoms with E-state index in [1.54, 1.807) is 18.4 Å². The number of benzene rings is 1. The fourth-order valence-corrected chi connectivity index (χ4v) is 2.63. The molecule has 0 unspecified atom stereocenters. The van der Waals surface area contributed by atoms with Crippen LogP contribution in [0.3, 0.4) is 0 Å². The van der Waals surface area contributed by atoms with E-state index in [9.17, 15) is 8.78 Å². The van der Waals surface area contributed by atoms with Crippen molar-refractivity contribution in [3.8, 4) is 0 Å². The monoisotopic (exact) mass is 452 g/mol. The summed E-state index contributed by atoms with van der Waals surface area (Å²) in [5, 5.41) is 7.01. The molecule has 126 valence electrons. The maximum Gasteiger partial charge on any atom is 0.191 e. The molecule has 1 aromatic carbocycles. The number of aryl methyl sites for hydroxylation is 1. The number of rotatable bonds is 5. The zero-order chi connectivity index (χ0) is 15.9. The van der Waals surface area contributed by atoms with E-state index in [0.29, 0.717) is 12.5 Å². The van der Waals surface area contributed by atoms with Gasteiger partial charge in [0.15, 0.2) is 5.96 Å². The molecule has 0 radical (unpaired) electrons. The molecule has 4 nitrogen and oxygen atoms in total. The average Bonchev–Trinajstić information content (AvgIpc) is 2.98. The molecule has 0 aliphatic rings. The van der Waals surface area contributed by atoms with Crippen LogP contribution in [-0.4, -0.2) is 18.0 Å². The summed E-state index contributed by atoms with van der Waals surface area (Å²) in [5.74, 6) is -0.398. The van der Waals surface area contributed by atoms with Crippen molar-refractivity contribution in [2.75, 3.05) is 7.05 Å². The summed E-state index contributed by atoms with van der Waals surface area (Å²) in [6.07, 6.45) is 2.82. The first-order valence-electron chi connectivity index (χ1n) is 6.94. The highest BCUT2D eigenvalue weighted by atomic mass is 127. The van der Waals surface area contributed by atoms with Crippen LogP contribution in [0.25, 0.3) is 0 Å². The van der Waals surface area contributed by atoms with E-state index < -0.39 is 11.6 Å². The van der Waals surface area contributed by atoms with Crippen molar-refractivity contribution >= 4 is 41.3 Å². The molecule has 0 saturated carbocycles. The number of hydrogen-bond donors (Lipinski definition) is 2. The number of halogens is 3. The van der Waals surface area contributed by atoms with Crippen LogP contribution < -0.4 is 10.6 Å². The van der Waals surface area contributed by atoms with E-state index in [1.165, 1.54) is 10.9 Å². The summed E-state index contributed by atoms with van der Waals surface area (Å²) in [5.41, 5.74) is 0.255. The predicted molar refractivity (Wildman–Crippen MR) is 100 cm³/mol. The molecule has 8 heteroatoms. The van der Waals surface area contributed by atoms with Crippen LogP contribution >= 0.6 is 35.3 Å². The van der Waals surface area contributed by atoms with Crippen molar-refractivity contribution < 1.29 is 8.78 Å². The third-order valence-electron chi connectivity index (χ3n) is 3.03. The van der Waals surface area contributed by atoms with Crippen LogP contribution in [0.1, 0.15) is 22.4 Å². The lowest BCUT2D eigenvalue weighted by Gasteiger charge is -2.11. The second kappa shape index (κ2) is 9.76. The Morgan fingerprint density at radius 1 is 1.26 bits per heavy atom. The van der Waals surface area contributed by atoms with E-state index in [0.717, 1.165) is 23.6 Å². The fraction of sp³-hybridized carbons (Fsp3) is 0.333. The topological polar surface area (TPSA) is 49.3 Å². The number of guanidine groups is 1. The molecule has 2 N–H and O–H groups in total. The van der Waals surface area contributed by atoms with Crippen LogP contribution in [0.4, 0.5) is 8.78 Å². The van der Waals surface area contributed by atoms with Crippen LogP contribution in [0.2, 0.25) is 0 Å². The van der Waals surface area contributed by atoms with Gasteiger partial charge in [0.1, 0.15) is 16.6 Å². The molecular weight excluding hydrogens is 433 g/mol. The Bertz CT molecular complexity index is 661. The number of nitrogens with one attached hydrogen (secondary N) is 2. The highest BCUT2D eigenvalue weighted by Crippen LogP contribution is 2.13. The largest absolute Gasteiger partial charge is 0.352 e. The quantitative estimate of drug-likeness (QED) is 0.415. The van der Waals surface area contributed by atoms with Gasteiger partial charge in [-0.05, 0) is 24.6 Å². The summed E-state index contributed by atoms with van der Waals surface area (Å²) in [7, 11) is 1.62. The van der Waals surface area contributed by atoms with E-state index in [-0.39, 0.29) is 36.1 Å². The normalized spacial score (nSPS) is 11.0. The van der Waals surface area contributed by atoms with Crippen molar-refractivity contribution in [1.29, 1.82) is 0 Å². The van der Waals surface area contributed by atoms with Crippen molar-refractivity contribution in [1.82, 2.24) is 15.6 Å². The Labute approximate surface area is 155 Å². The smallest absolute Gasteiger partial charge is 0.191 e. The van der Waals surface area contributed by atoms with Gasteiger partial charge in [0, 0.05) is 30.2 Å². The van der Waals surface area contributed by atoms with Gasteiger partial charge in [0.2, 0.25) is 0 Å². The lowest BCUT2D eigenvalue weighted by atomic mass is 10.2. The summed E-state index contributed by atoms with van der Waals surface area (Å²) in [4.78, 5) is 9.58. The summed E-state index contributed by atoms with van der Waals surface area (Å²) in [6, 6.07) is 3.38. The molecular formula is C15H19F2IN4S. The molecule has 0 saturated heterocycles. The highest BCUT2D eigenvalue weighted by Gasteiger charge is 2.06. The molecule has 2 aromatic rings. The van der Waals surface area contributed by atoms with Crippen molar-refractivity contribution in [3.63, 3.8) is 0 Å². The first-order chi connectivity index (χ1) is 10.6. The molecule has 0 aliphatic carbocycles. The average molecular weight is 452 g/mol. The van der Waals surface area contributed by atoms with Crippen LogP contribution in [0, 0.1) is 11.6 Å². The first-order valence-corrected chi connectivity index (χ1v) is 7.76. The van der Waals surface area contributed by atoms with Crippen molar-refractivity contribution in [2.24, 2.45) is 4.99 Å². The Morgan fingerprint density at radius 3 is 2.65 bits per heavy atom. The lowest BCUT2D eigenvalue weighted by Crippen LogP contribution is -2.36. The van der Waals surface area contributed by atoms with Crippen molar-refractivity contribution in [2.45, 2.75) is 26.4 Å². The van der Waals surface area contributed by atoms with Gasteiger partial charge in [-0.3, -0.25) is 4.99 Å². The fourth-order valence-electron chi connectivity index (χ4n) is 1.83. The minimum atomic E-state index is -0.462. The number of thiazole rings is 1. The van der Waals surface area contributed by atoms with Gasteiger partial charge < -0.3 is 10.6 Å². The zero-order valence-corrected chi connectivity index (χ0v) is 16.0. The molecule has 1 aromatic heterocycles. The van der Waals surface area contributed by atoms with E-state index in [1.807, 2.05) is 6.20 Å². The Morgan fingerprint density at radius 2 is 2.00 bits per heavy atom. The molecule has 2 rings (SSSR count). The molecule has 0 amide bonds. The van der Waals surface area contributed by atoms with Gasteiger partial charge in [-0.2, -0.15) is 0 Å². The molecule has 1 heterocycles. The third-order valence-corrected chi connectivity index (χ3v) is 4.18. The predicted octanol–water partition coefficient (Wildman–Crippen LogP) is 3.47. The standard InChI is InChI=1S/C15H18F2N4S.HI/c1-3-12-8-19-14(22-12)9-21-15(18-2)20-7-10-6-11(16)4-5-13(10)17;/h4-6,8H,3,7,9H2,1-2H3,(H2,18,20,21);1H. The minimum absolute atomic E-state index is 0. The third kappa shape index (κ3) is 6.02. The maximum absolute atomic E-state index is 13.5. The Kier molecular flexibility index (Phi) is 8.38. The number of aromatic nitrogens is 1. The van der Waals surface area contributed by atoms with Gasteiger partial charge in [0.05, 0.1) is 6.54 Å². The molecule has 0 spiro atoms. The molecule has 0 fully saturated rings. The van der Waals surface area contributed by atoms with Crippen LogP contribution in [-0.2, 0) is 19.5 Å². The van der Waals surface area contributed by atoms with E-state index in [4.69, 9.17) is 0 Å². The maximum atomic E-state index is 13.5. The van der Waals surface area contributed by atoms with E-state index in [2.05, 4.69) is 27.5 Å². The minimum Gasteiger partial charge on any atom is -0.352 e. The molecule has 0 bridgehead atoms. The molecule has 23 heavy (non-hydrogen) atoms. The summed E-state index contributed by atoms with van der Waals surface area (Å²) in [6.45, 7) is 2.77. The van der Waals surface area contributed by atoms with Crippen LogP contribution in [0.15, 0.2) is 29.4 Å². The zero-order valence-electron chi connectivity index (χ0n) is 12.9. The Hall–Kier alpha value is -1.29. The van der Waals surface area contributed by atoms with Gasteiger partial charge in [-0.15, -0.1) is 35.3 Å². The second-order valence-electron chi connectivity index (χ2n) is 4.59. The number of nitrogens with zero attached hydrogens (tertiary/aromatic N) is 2. The van der Waals surface area contributed by atoms with Gasteiger partial charge in [-0.1, -0.05) is 6.92 Å². The molecule has 0 aliphatic heterocycles. The van der Waals surface area contributed by atoms with Gasteiger partial charge in [-0.25, -0.2) is 13.8 Å². The Balaban J connectivity index is 0.00000264. The summed E-state index contributed by atoms with van der Waals surface area (Å²) < 4.78 is 26.7. The second-order valence-corrected chi connectivity index (χ2v) is 5.79. The van der Waals surface area contributed by atoms with Crippen LogP contribution in [0.5, 0.6) is 0 Å². The van der Waals surface area contributed by atoms with Crippen molar-refractivity contribution in [3.05, 3.63) is 51.5 Å². The lowest BCUT2D eigenvalue weighted by molar-refractivity contribution is 0.581. The number of hydrogen-bond acceptors (Lipinski definition) is 3. The first kappa shape index (κ1) is 19.8. The number of aliphatic imine (C=N–C) groups is 1.